The Kier molecular flexibility index (Phi) is 14.5. The van der Waals surface area contributed by atoms with Gasteiger partial charge in [0, 0.05) is 24.3 Å². The predicted octanol–water partition coefficient (Wildman–Crippen LogP) is 0.341. The summed E-state index contributed by atoms with van der Waals surface area (Å²) in [5, 5.41) is 16.9. The standard InChI is InChI=1S/C14H18O7.C3H4O3/c1-4-11(16)19-8-14(7-15,9-20-12(17)5-2)10-21-13(18)6-3;1-2-3(4)6-5/h4-6,15H,1-3,7-10H2;2,5H,1H2. The minimum Gasteiger partial charge on any atom is -0.462 e. The fourth-order valence-electron chi connectivity index (χ4n) is 1.15. The Labute approximate surface area is 155 Å². The summed E-state index contributed by atoms with van der Waals surface area (Å²) in [5.74, 6) is -3.01. The molecule has 0 unspecified atom stereocenters. The lowest BCUT2D eigenvalue weighted by Gasteiger charge is -2.29. The first-order valence-corrected chi connectivity index (χ1v) is 7.20. The van der Waals surface area contributed by atoms with Gasteiger partial charge in [0.15, 0.2) is 0 Å². The van der Waals surface area contributed by atoms with E-state index in [0.717, 1.165) is 24.3 Å². The van der Waals surface area contributed by atoms with Gasteiger partial charge < -0.3 is 19.3 Å². The minimum atomic E-state index is -1.28. The number of hydrogen-bond donors (Lipinski definition) is 2. The van der Waals surface area contributed by atoms with E-state index < -0.39 is 35.9 Å². The van der Waals surface area contributed by atoms with E-state index >= 15 is 0 Å². The lowest BCUT2D eigenvalue weighted by atomic mass is 9.92. The Hall–Kier alpha value is -3.24. The molecule has 0 saturated heterocycles. The van der Waals surface area contributed by atoms with Crippen molar-refractivity contribution >= 4 is 23.9 Å². The van der Waals surface area contributed by atoms with Crippen LogP contribution in [0.15, 0.2) is 50.6 Å². The molecular weight excluding hydrogens is 364 g/mol. The summed E-state index contributed by atoms with van der Waals surface area (Å²) in [6.45, 7) is 11.1. The molecule has 150 valence electrons. The number of hydrogen-bond acceptors (Lipinski definition) is 10. The van der Waals surface area contributed by atoms with Gasteiger partial charge in [-0.2, -0.15) is 5.26 Å². The van der Waals surface area contributed by atoms with Crippen molar-refractivity contribution in [1.82, 2.24) is 0 Å². The molecule has 27 heavy (non-hydrogen) atoms. The first-order chi connectivity index (χ1) is 12.7. The second-order valence-corrected chi connectivity index (χ2v) is 4.71. The van der Waals surface area contributed by atoms with E-state index in [1.807, 2.05) is 0 Å². The van der Waals surface area contributed by atoms with Gasteiger partial charge in [-0.3, -0.25) is 4.89 Å². The third-order valence-corrected chi connectivity index (χ3v) is 2.65. The van der Waals surface area contributed by atoms with Gasteiger partial charge in [0.2, 0.25) is 0 Å². The molecule has 0 atom stereocenters. The highest BCUT2D eigenvalue weighted by atomic mass is 17.1. The van der Waals surface area contributed by atoms with Crippen molar-refractivity contribution < 1.29 is 48.6 Å². The van der Waals surface area contributed by atoms with Crippen molar-refractivity contribution in [3.63, 3.8) is 0 Å². The molecule has 0 heterocycles. The number of aliphatic hydroxyl groups is 1. The zero-order chi connectivity index (χ0) is 21.3. The lowest BCUT2D eigenvalue weighted by Crippen LogP contribution is -2.42. The number of rotatable bonds is 11. The van der Waals surface area contributed by atoms with Crippen LogP contribution < -0.4 is 0 Å². The van der Waals surface area contributed by atoms with Crippen molar-refractivity contribution in [2.24, 2.45) is 5.41 Å². The summed E-state index contributed by atoms with van der Waals surface area (Å²) < 4.78 is 14.5. The summed E-state index contributed by atoms with van der Waals surface area (Å²) in [6, 6.07) is 0. The van der Waals surface area contributed by atoms with Gasteiger partial charge in [0.05, 0.1) is 12.0 Å². The summed E-state index contributed by atoms with van der Waals surface area (Å²) in [7, 11) is 0. The van der Waals surface area contributed by atoms with Gasteiger partial charge in [0.1, 0.15) is 19.8 Å². The van der Waals surface area contributed by atoms with E-state index in [1.54, 1.807) is 0 Å². The van der Waals surface area contributed by atoms with Crippen LogP contribution >= 0.6 is 0 Å². The van der Waals surface area contributed by atoms with E-state index in [9.17, 15) is 24.3 Å². The highest BCUT2D eigenvalue weighted by molar-refractivity contribution is 5.82. The Balaban J connectivity index is 0. The van der Waals surface area contributed by atoms with Crippen LogP contribution in [0, 0.1) is 5.41 Å². The second kappa shape index (κ2) is 15.0. The van der Waals surface area contributed by atoms with Crippen LogP contribution in [0.3, 0.4) is 0 Å². The Morgan fingerprint density at radius 1 is 0.704 bits per heavy atom. The third kappa shape index (κ3) is 12.7. The topological polar surface area (TPSA) is 146 Å². The Morgan fingerprint density at radius 2 is 1.00 bits per heavy atom. The van der Waals surface area contributed by atoms with Crippen molar-refractivity contribution in [1.29, 1.82) is 0 Å². The Morgan fingerprint density at radius 3 is 1.15 bits per heavy atom. The minimum absolute atomic E-state index is 0.330. The molecule has 0 amide bonds. The molecule has 10 heteroatoms. The molecule has 0 aromatic carbocycles. The molecule has 0 bridgehead atoms. The zero-order valence-corrected chi connectivity index (χ0v) is 14.6. The predicted molar refractivity (Wildman–Crippen MR) is 91.9 cm³/mol. The third-order valence-electron chi connectivity index (χ3n) is 2.65. The van der Waals surface area contributed by atoms with Gasteiger partial charge in [-0.1, -0.05) is 26.3 Å². The molecule has 0 saturated carbocycles. The van der Waals surface area contributed by atoms with Gasteiger partial charge in [0.25, 0.3) is 0 Å². The number of esters is 3. The summed E-state index contributed by atoms with van der Waals surface area (Å²) >= 11 is 0. The van der Waals surface area contributed by atoms with Gasteiger partial charge >= 0.3 is 23.9 Å². The maximum absolute atomic E-state index is 11.1. The molecule has 2 N–H and O–H groups in total. The molecule has 0 aliphatic carbocycles. The fraction of sp³-hybridized carbons (Fsp3) is 0.294. The summed E-state index contributed by atoms with van der Waals surface area (Å²) in [5.41, 5.74) is -1.28. The fourth-order valence-corrected chi connectivity index (χ4v) is 1.15. The van der Waals surface area contributed by atoms with E-state index in [2.05, 4.69) is 31.2 Å². The molecule has 0 radical (unpaired) electrons. The zero-order valence-electron chi connectivity index (χ0n) is 14.6. The van der Waals surface area contributed by atoms with Gasteiger partial charge in [-0.05, 0) is 0 Å². The number of aliphatic hydroxyl groups excluding tert-OH is 1. The van der Waals surface area contributed by atoms with Crippen molar-refractivity contribution in [2.75, 3.05) is 26.4 Å². The Bertz CT molecular complexity index is 504. The van der Waals surface area contributed by atoms with E-state index in [0.29, 0.717) is 0 Å². The SMILES string of the molecule is C=CC(=O)OCC(CO)(COC(=O)C=C)COC(=O)C=C.C=CC(=O)OO. The lowest BCUT2D eigenvalue weighted by molar-refractivity contribution is -0.228. The van der Waals surface area contributed by atoms with Crippen LogP contribution in [0.1, 0.15) is 0 Å². The van der Waals surface area contributed by atoms with Crippen LogP contribution in [0.4, 0.5) is 0 Å². The normalized spacial score (nSPS) is 9.41. The largest absolute Gasteiger partial charge is 0.462 e. The number of carbonyl (C=O) groups excluding carboxylic acids is 4. The molecule has 10 nitrogen and oxygen atoms in total. The van der Waals surface area contributed by atoms with Crippen LogP contribution in [-0.4, -0.2) is 60.7 Å². The van der Waals surface area contributed by atoms with Crippen LogP contribution in [0.5, 0.6) is 0 Å². The first kappa shape index (κ1) is 26.0. The van der Waals surface area contributed by atoms with Crippen LogP contribution in [0.2, 0.25) is 0 Å². The van der Waals surface area contributed by atoms with Crippen LogP contribution in [0.25, 0.3) is 0 Å². The average molecular weight is 386 g/mol. The van der Waals surface area contributed by atoms with E-state index in [1.165, 1.54) is 0 Å². The average Bonchev–Trinajstić information content (AvgIpc) is 2.72. The van der Waals surface area contributed by atoms with E-state index in [4.69, 9.17) is 19.5 Å². The smallest absolute Gasteiger partial charge is 0.365 e. The van der Waals surface area contributed by atoms with Crippen molar-refractivity contribution in [2.45, 2.75) is 0 Å². The molecule has 0 aromatic rings. The molecular formula is C17H22O10. The molecule has 0 aliphatic heterocycles. The molecule has 0 spiro atoms. The monoisotopic (exact) mass is 386 g/mol. The highest BCUT2D eigenvalue weighted by Crippen LogP contribution is 2.19. The highest BCUT2D eigenvalue weighted by Gasteiger charge is 2.35. The quantitative estimate of drug-likeness (QED) is 0.168. The number of carbonyl (C=O) groups is 4. The molecule has 0 rings (SSSR count). The van der Waals surface area contributed by atoms with Gasteiger partial charge in [-0.15, -0.1) is 0 Å². The van der Waals surface area contributed by atoms with Crippen LogP contribution in [-0.2, 0) is 38.3 Å². The van der Waals surface area contributed by atoms with E-state index in [-0.39, 0.29) is 19.8 Å². The second-order valence-electron chi connectivity index (χ2n) is 4.71. The molecule has 0 aromatic heterocycles. The maximum atomic E-state index is 11.1. The summed E-state index contributed by atoms with van der Waals surface area (Å²) in [4.78, 5) is 46.0. The van der Waals surface area contributed by atoms with Crippen molar-refractivity contribution in [3.8, 4) is 0 Å². The summed E-state index contributed by atoms with van der Waals surface area (Å²) in [6.07, 6.45) is 3.68. The first-order valence-electron chi connectivity index (χ1n) is 7.20. The van der Waals surface area contributed by atoms with Crippen molar-refractivity contribution in [3.05, 3.63) is 50.6 Å². The molecule has 0 aliphatic rings. The maximum Gasteiger partial charge on any atom is 0.365 e. The van der Waals surface area contributed by atoms with Gasteiger partial charge in [-0.25, -0.2) is 19.2 Å². The number of ether oxygens (including phenoxy) is 3. The molecule has 0 fully saturated rings.